The van der Waals surface area contributed by atoms with Gasteiger partial charge >= 0.3 is 0 Å². The number of thiophene rings is 1. The number of carbonyl (C=O) groups is 1. The highest BCUT2D eigenvalue weighted by atomic mass is 32.1. The normalized spacial score (nSPS) is 12.4. The Kier molecular flexibility index (Phi) is 4.03. The fraction of sp³-hybridized carbons (Fsp3) is 0.188. The minimum atomic E-state index is -0.539. The molecule has 4 N–H and O–H groups in total. The number of nitrogens with two attached hydrogens (primary N) is 1. The molecular weight excluding hydrogens is 282 g/mol. The maximum absolute atomic E-state index is 12.1. The predicted octanol–water partition coefficient (Wildman–Crippen LogP) is 2.42. The van der Waals surface area contributed by atoms with Gasteiger partial charge in [-0.25, -0.2) is 0 Å². The zero-order valence-corrected chi connectivity index (χ0v) is 12.3. The molecule has 0 saturated carbocycles. The maximum Gasteiger partial charge on any atom is 0.237 e. The highest BCUT2D eigenvalue weighted by Gasteiger charge is 2.15. The second-order valence-electron chi connectivity index (χ2n) is 5.02. The van der Waals surface area contributed by atoms with Gasteiger partial charge in [-0.2, -0.15) is 11.3 Å². The summed E-state index contributed by atoms with van der Waals surface area (Å²) in [6.45, 7) is 0.532. The van der Waals surface area contributed by atoms with Crippen molar-refractivity contribution in [1.82, 2.24) is 10.3 Å². The van der Waals surface area contributed by atoms with Gasteiger partial charge in [0, 0.05) is 23.6 Å². The van der Waals surface area contributed by atoms with Gasteiger partial charge in [0.2, 0.25) is 5.91 Å². The smallest absolute Gasteiger partial charge is 0.237 e. The zero-order chi connectivity index (χ0) is 14.7. The summed E-state index contributed by atoms with van der Waals surface area (Å²) in [4.78, 5) is 15.3. The van der Waals surface area contributed by atoms with E-state index in [-0.39, 0.29) is 5.91 Å². The number of rotatable bonds is 5. The third kappa shape index (κ3) is 3.15. The molecule has 5 heteroatoms. The summed E-state index contributed by atoms with van der Waals surface area (Å²) < 4.78 is 0. The van der Waals surface area contributed by atoms with Gasteiger partial charge in [0.1, 0.15) is 0 Å². The molecular formula is C16H17N3OS. The van der Waals surface area contributed by atoms with Crippen LogP contribution in [0.3, 0.4) is 0 Å². The molecule has 1 atom stereocenters. The Morgan fingerprint density at radius 2 is 2.19 bits per heavy atom. The number of benzene rings is 1. The first kappa shape index (κ1) is 13.9. The van der Waals surface area contributed by atoms with E-state index < -0.39 is 6.04 Å². The first-order chi connectivity index (χ1) is 10.2. The molecule has 0 saturated heterocycles. The number of nitrogens with one attached hydrogen (secondary N) is 2. The largest absolute Gasteiger partial charge is 0.361 e. The van der Waals surface area contributed by atoms with Crippen molar-refractivity contribution in [2.24, 2.45) is 5.73 Å². The van der Waals surface area contributed by atoms with Crippen LogP contribution in [0, 0.1) is 0 Å². The quantitative estimate of drug-likeness (QED) is 0.677. The molecule has 0 fully saturated rings. The topological polar surface area (TPSA) is 70.9 Å². The molecule has 1 aromatic carbocycles. The molecule has 108 valence electrons. The van der Waals surface area contributed by atoms with Gasteiger partial charge in [-0.15, -0.1) is 0 Å². The van der Waals surface area contributed by atoms with Crippen LogP contribution in [-0.2, 0) is 17.8 Å². The van der Waals surface area contributed by atoms with Crippen molar-refractivity contribution in [1.29, 1.82) is 0 Å². The van der Waals surface area contributed by atoms with Gasteiger partial charge in [-0.05, 0) is 40.4 Å². The molecule has 1 amide bonds. The van der Waals surface area contributed by atoms with Crippen molar-refractivity contribution < 1.29 is 4.79 Å². The Bertz CT molecular complexity index is 733. The van der Waals surface area contributed by atoms with Crippen LogP contribution in [0.25, 0.3) is 10.9 Å². The van der Waals surface area contributed by atoms with Crippen LogP contribution < -0.4 is 11.1 Å². The summed E-state index contributed by atoms with van der Waals surface area (Å²) in [5, 5.41) is 8.01. The fourth-order valence-corrected chi connectivity index (χ4v) is 3.01. The Hall–Kier alpha value is -2.11. The first-order valence-corrected chi connectivity index (χ1v) is 7.77. The zero-order valence-electron chi connectivity index (χ0n) is 11.5. The van der Waals surface area contributed by atoms with Gasteiger partial charge in [0.25, 0.3) is 0 Å². The van der Waals surface area contributed by atoms with Crippen molar-refractivity contribution in [2.45, 2.75) is 19.0 Å². The monoisotopic (exact) mass is 299 g/mol. The summed E-state index contributed by atoms with van der Waals surface area (Å²) in [6.07, 6.45) is 2.45. The molecule has 0 aliphatic rings. The molecule has 0 aliphatic carbocycles. The molecule has 0 unspecified atom stereocenters. The molecule has 21 heavy (non-hydrogen) atoms. The van der Waals surface area contributed by atoms with Gasteiger partial charge in [0.05, 0.1) is 6.04 Å². The lowest BCUT2D eigenvalue weighted by Crippen LogP contribution is -2.41. The van der Waals surface area contributed by atoms with Crippen molar-refractivity contribution in [3.8, 4) is 0 Å². The van der Waals surface area contributed by atoms with Crippen LogP contribution in [0.2, 0.25) is 0 Å². The van der Waals surface area contributed by atoms with Gasteiger partial charge in [-0.1, -0.05) is 18.2 Å². The SMILES string of the molecule is N[C@H](Cc1c[nH]c2ccccc12)C(=O)NCc1ccsc1. The van der Waals surface area contributed by atoms with Crippen molar-refractivity contribution >= 4 is 28.1 Å². The third-order valence-corrected chi connectivity index (χ3v) is 4.23. The minimum Gasteiger partial charge on any atom is -0.361 e. The highest BCUT2D eigenvalue weighted by Crippen LogP contribution is 2.18. The number of para-hydroxylation sites is 1. The molecule has 0 bridgehead atoms. The lowest BCUT2D eigenvalue weighted by atomic mass is 10.1. The minimum absolute atomic E-state index is 0.119. The average Bonchev–Trinajstić information content (AvgIpc) is 3.15. The van der Waals surface area contributed by atoms with Gasteiger partial charge in [-0.3, -0.25) is 4.79 Å². The molecule has 2 heterocycles. The third-order valence-electron chi connectivity index (χ3n) is 3.50. The number of hydrogen-bond acceptors (Lipinski definition) is 3. The fourth-order valence-electron chi connectivity index (χ4n) is 2.34. The van der Waals surface area contributed by atoms with Crippen LogP contribution >= 0.6 is 11.3 Å². The standard InChI is InChI=1S/C16H17N3OS/c17-14(16(20)19-8-11-5-6-21-10-11)7-12-9-18-15-4-2-1-3-13(12)15/h1-6,9-10,14,18H,7-8,17H2,(H,19,20)/t14-/m1/s1. The van der Waals surface area contributed by atoms with Gasteiger partial charge < -0.3 is 16.0 Å². The number of amides is 1. The van der Waals surface area contributed by atoms with Crippen molar-refractivity contribution in [3.05, 3.63) is 58.4 Å². The predicted molar refractivity (Wildman–Crippen MR) is 86.1 cm³/mol. The summed E-state index contributed by atoms with van der Waals surface area (Å²) in [6, 6.07) is 9.48. The van der Waals surface area contributed by atoms with Crippen molar-refractivity contribution in [2.75, 3.05) is 0 Å². The lowest BCUT2D eigenvalue weighted by Gasteiger charge is -2.11. The number of hydrogen-bond donors (Lipinski definition) is 3. The van der Waals surface area contributed by atoms with Crippen LogP contribution in [0.1, 0.15) is 11.1 Å². The summed E-state index contributed by atoms with van der Waals surface area (Å²) in [5.74, 6) is -0.119. The number of H-pyrrole nitrogens is 1. The van der Waals surface area contributed by atoms with E-state index in [9.17, 15) is 4.79 Å². The van der Waals surface area contributed by atoms with Gasteiger partial charge in [0.15, 0.2) is 0 Å². The van der Waals surface area contributed by atoms with Crippen LogP contribution in [0.15, 0.2) is 47.3 Å². The highest BCUT2D eigenvalue weighted by molar-refractivity contribution is 7.07. The second kappa shape index (κ2) is 6.11. The lowest BCUT2D eigenvalue weighted by molar-refractivity contribution is -0.122. The van der Waals surface area contributed by atoms with Crippen LogP contribution in [-0.4, -0.2) is 16.9 Å². The van der Waals surface area contributed by atoms with E-state index >= 15 is 0 Å². The molecule has 3 aromatic rings. The van der Waals surface area contributed by atoms with E-state index in [2.05, 4.69) is 10.3 Å². The van der Waals surface area contributed by atoms with E-state index in [1.54, 1.807) is 11.3 Å². The van der Waals surface area contributed by atoms with E-state index in [0.717, 1.165) is 22.0 Å². The van der Waals surface area contributed by atoms with Crippen LogP contribution in [0.5, 0.6) is 0 Å². The molecule has 3 rings (SSSR count). The molecule has 0 radical (unpaired) electrons. The van der Waals surface area contributed by atoms with E-state index in [4.69, 9.17) is 5.73 Å². The number of carbonyl (C=O) groups excluding carboxylic acids is 1. The number of aromatic nitrogens is 1. The summed E-state index contributed by atoms with van der Waals surface area (Å²) in [7, 11) is 0. The Labute approximate surface area is 127 Å². The number of aromatic amines is 1. The van der Waals surface area contributed by atoms with E-state index in [1.807, 2.05) is 47.3 Å². The van der Waals surface area contributed by atoms with Crippen molar-refractivity contribution in [3.63, 3.8) is 0 Å². The second-order valence-corrected chi connectivity index (χ2v) is 5.80. The summed E-state index contributed by atoms with van der Waals surface area (Å²) >= 11 is 1.62. The first-order valence-electron chi connectivity index (χ1n) is 6.83. The number of fused-ring (bicyclic) bond motifs is 1. The molecule has 2 aromatic heterocycles. The Morgan fingerprint density at radius 3 is 3.00 bits per heavy atom. The maximum atomic E-state index is 12.1. The molecule has 0 spiro atoms. The van der Waals surface area contributed by atoms with E-state index in [1.165, 1.54) is 0 Å². The van der Waals surface area contributed by atoms with E-state index in [0.29, 0.717) is 13.0 Å². The average molecular weight is 299 g/mol. The Balaban J connectivity index is 1.62. The molecule has 4 nitrogen and oxygen atoms in total. The summed E-state index contributed by atoms with van der Waals surface area (Å²) in [5.41, 5.74) is 9.26. The molecule has 0 aliphatic heterocycles. The Morgan fingerprint density at radius 1 is 1.33 bits per heavy atom. The van der Waals surface area contributed by atoms with Crippen LogP contribution in [0.4, 0.5) is 0 Å².